The van der Waals surface area contributed by atoms with Crippen LogP contribution >= 0.6 is 23.2 Å². The minimum atomic E-state index is 0.600. The molecule has 0 atom stereocenters. The number of hydrogen-bond donors (Lipinski definition) is 0. The van der Waals surface area contributed by atoms with Gasteiger partial charge in [0.25, 0.3) is 0 Å². The lowest BCUT2D eigenvalue weighted by molar-refractivity contribution is 0.806. The van der Waals surface area contributed by atoms with Crippen LogP contribution < -0.4 is 0 Å². The van der Waals surface area contributed by atoms with E-state index in [9.17, 15) is 0 Å². The van der Waals surface area contributed by atoms with Crippen molar-refractivity contribution in [1.29, 1.82) is 0 Å². The molecule has 0 saturated heterocycles. The zero-order valence-electron chi connectivity index (χ0n) is 13.6. The van der Waals surface area contributed by atoms with Gasteiger partial charge in [-0.2, -0.15) is 0 Å². The molecule has 4 aromatic rings. The van der Waals surface area contributed by atoms with Gasteiger partial charge in [0, 0.05) is 33.4 Å². The molecule has 25 heavy (non-hydrogen) atoms. The van der Waals surface area contributed by atoms with E-state index in [2.05, 4.69) is 26.7 Å². The number of benzene rings is 2. The van der Waals surface area contributed by atoms with Crippen LogP contribution in [0.2, 0.25) is 10.0 Å². The van der Waals surface area contributed by atoms with Crippen LogP contribution in [0.1, 0.15) is 11.3 Å². The number of hydrogen-bond acceptors (Lipinski definition) is 2. The van der Waals surface area contributed by atoms with Gasteiger partial charge in [0.05, 0.1) is 17.8 Å². The molecule has 2 aromatic heterocycles. The van der Waals surface area contributed by atoms with Crippen LogP contribution in [0.3, 0.4) is 0 Å². The molecule has 0 saturated carbocycles. The van der Waals surface area contributed by atoms with Crippen molar-refractivity contribution in [2.45, 2.75) is 13.5 Å². The highest BCUT2D eigenvalue weighted by Gasteiger charge is 2.12. The van der Waals surface area contributed by atoms with Crippen LogP contribution in [0.15, 0.2) is 60.9 Å². The molecule has 3 nitrogen and oxygen atoms in total. The lowest BCUT2D eigenvalue weighted by atomic mass is 10.1. The van der Waals surface area contributed by atoms with Gasteiger partial charge in [-0.1, -0.05) is 41.4 Å². The largest absolute Gasteiger partial charge is 0.326 e. The Bertz CT molecular complexity index is 1070. The Balaban J connectivity index is 1.79. The molecule has 0 spiro atoms. The highest BCUT2D eigenvalue weighted by atomic mass is 35.5. The Labute approximate surface area is 155 Å². The molecule has 5 heteroatoms. The van der Waals surface area contributed by atoms with Crippen LogP contribution in [0.25, 0.3) is 22.3 Å². The molecule has 4 rings (SSSR count). The van der Waals surface area contributed by atoms with E-state index in [4.69, 9.17) is 23.2 Å². The molecule has 2 aromatic carbocycles. The molecular weight excluding hydrogens is 353 g/mol. The fourth-order valence-electron chi connectivity index (χ4n) is 2.94. The van der Waals surface area contributed by atoms with E-state index in [0.29, 0.717) is 16.6 Å². The van der Waals surface area contributed by atoms with E-state index < -0.39 is 0 Å². The van der Waals surface area contributed by atoms with Gasteiger partial charge in [0.2, 0.25) is 0 Å². The summed E-state index contributed by atoms with van der Waals surface area (Å²) in [5, 5.41) is 2.46. The summed E-state index contributed by atoms with van der Waals surface area (Å²) in [6, 6.07) is 15.7. The molecule has 124 valence electrons. The summed E-state index contributed by atoms with van der Waals surface area (Å²) in [4.78, 5) is 9.23. The number of rotatable bonds is 3. The quantitative estimate of drug-likeness (QED) is 0.460. The number of pyridine rings is 1. The van der Waals surface area contributed by atoms with Gasteiger partial charge in [-0.15, -0.1) is 0 Å². The summed E-state index contributed by atoms with van der Waals surface area (Å²) < 4.78 is 2.08. The summed E-state index contributed by atoms with van der Waals surface area (Å²) >= 11 is 12.4. The van der Waals surface area contributed by atoms with Crippen LogP contribution in [0, 0.1) is 6.92 Å². The second-order valence-electron chi connectivity index (χ2n) is 5.99. The summed E-state index contributed by atoms with van der Waals surface area (Å²) in [6.45, 7) is 2.58. The summed E-state index contributed by atoms with van der Waals surface area (Å²) in [7, 11) is 0. The topological polar surface area (TPSA) is 30.7 Å². The van der Waals surface area contributed by atoms with Crippen LogP contribution in [-0.2, 0) is 6.54 Å². The zero-order chi connectivity index (χ0) is 17.4. The van der Waals surface area contributed by atoms with Gasteiger partial charge in [-0.05, 0) is 42.8 Å². The lowest BCUT2D eigenvalue weighted by Crippen LogP contribution is -2.02. The van der Waals surface area contributed by atoms with Crippen molar-refractivity contribution < 1.29 is 0 Å². The average Bonchev–Trinajstić information content (AvgIpc) is 2.98. The predicted molar refractivity (Wildman–Crippen MR) is 103 cm³/mol. The number of fused-ring (bicyclic) bond motifs is 1. The van der Waals surface area contributed by atoms with E-state index in [1.807, 2.05) is 49.6 Å². The standard InChI is InChI=1S/C20H15Cl2N3/c1-13-11-25(12-16-9-17(21)6-7-18(16)22)20(24-13)15-8-14-4-2-3-5-19(14)23-10-15/h2-11H,12H2,1H3. The first-order chi connectivity index (χ1) is 12.1. The molecule has 0 aliphatic carbocycles. The van der Waals surface area contributed by atoms with Crippen LogP contribution in [0.4, 0.5) is 0 Å². The van der Waals surface area contributed by atoms with Gasteiger partial charge in [-0.25, -0.2) is 4.98 Å². The first-order valence-corrected chi connectivity index (χ1v) is 8.68. The predicted octanol–water partition coefficient (Wildman–Crippen LogP) is 5.76. The number of nitrogens with zero attached hydrogens (tertiary/aromatic N) is 3. The van der Waals surface area contributed by atoms with Crippen molar-refractivity contribution in [2.24, 2.45) is 0 Å². The van der Waals surface area contributed by atoms with Crippen LogP contribution in [0.5, 0.6) is 0 Å². The Morgan fingerprint density at radius 3 is 2.76 bits per heavy atom. The maximum atomic E-state index is 6.32. The molecule has 0 amide bonds. The minimum absolute atomic E-state index is 0.600. The maximum absolute atomic E-state index is 6.32. The van der Waals surface area contributed by atoms with E-state index in [1.54, 1.807) is 6.07 Å². The summed E-state index contributed by atoms with van der Waals surface area (Å²) in [5.74, 6) is 0.867. The van der Waals surface area contributed by atoms with Crippen molar-refractivity contribution in [3.8, 4) is 11.4 Å². The second-order valence-corrected chi connectivity index (χ2v) is 6.83. The van der Waals surface area contributed by atoms with E-state index in [1.165, 1.54) is 0 Å². The molecule has 0 unspecified atom stereocenters. The Kier molecular flexibility index (Phi) is 4.20. The van der Waals surface area contributed by atoms with Crippen molar-refractivity contribution in [3.63, 3.8) is 0 Å². The third-order valence-corrected chi connectivity index (χ3v) is 4.70. The van der Waals surface area contributed by atoms with Gasteiger partial charge in [0.1, 0.15) is 5.82 Å². The first kappa shape index (κ1) is 16.1. The zero-order valence-corrected chi connectivity index (χ0v) is 15.1. The molecule has 0 bridgehead atoms. The van der Waals surface area contributed by atoms with Gasteiger partial charge in [0.15, 0.2) is 0 Å². The van der Waals surface area contributed by atoms with Crippen LogP contribution in [-0.4, -0.2) is 14.5 Å². The lowest BCUT2D eigenvalue weighted by Gasteiger charge is -2.10. The highest BCUT2D eigenvalue weighted by Crippen LogP contribution is 2.26. The molecule has 0 radical (unpaired) electrons. The van der Waals surface area contributed by atoms with Gasteiger partial charge >= 0.3 is 0 Å². The van der Waals surface area contributed by atoms with Crippen molar-refractivity contribution >= 4 is 34.1 Å². The number of para-hydroxylation sites is 1. The molecular formula is C20H15Cl2N3. The highest BCUT2D eigenvalue weighted by molar-refractivity contribution is 6.33. The smallest absolute Gasteiger partial charge is 0.142 e. The molecule has 0 aliphatic heterocycles. The Morgan fingerprint density at radius 2 is 1.88 bits per heavy atom. The fourth-order valence-corrected chi connectivity index (χ4v) is 3.31. The van der Waals surface area contributed by atoms with Crippen molar-refractivity contribution in [2.75, 3.05) is 0 Å². The monoisotopic (exact) mass is 367 g/mol. The third kappa shape index (κ3) is 3.26. The maximum Gasteiger partial charge on any atom is 0.142 e. The van der Waals surface area contributed by atoms with E-state index in [0.717, 1.165) is 33.5 Å². The van der Waals surface area contributed by atoms with Gasteiger partial charge in [-0.3, -0.25) is 4.98 Å². The van der Waals surface area contributed by atoms with Crippen molar-refractivity contribution in [3.05, 3.63) is 82.2 Å². The van der Waals surface area contributed by atoms with E-state index >= 15 is 0 Å². The van der Waals surface area contributed by atoms with E-state index in [-0.39, 0.29) is 0 Å². The summed E-state index contributed by atoms with van der Waals surface area (Å²) in [5.41, 5.74) is 3.85. The normalized spacial score (nSPS) is 11.2. The number of imidazole rings is 1. The third-order valence-electron chi connectivity index (χ3n) is 4.09. The average molecular weight is 368 g/mol. The molecule has 0 fully saturated rings. The molecule has 0 aliphatic rings. The SMILES string of the molecule is Cc1cn(Cc2cc(Cl)ccc2Cl)c(-c2cnc3ccccc3c2)n1. The first-order valence-electron chi connectivity index (χ1n) is 7.93. The van der Waals surface area contributed by atoms with Gasteiger partial charge < -0.3 is 4.57 Å². The van der Waals surface area contributed by atoms with Crippen molar-refractivity contribution in [1.82, 2.24) is 14.5 Å². The molecule has 0 N–H and O–H groups in total. The number of aromatic nitrogens is 3. The number of aryl methyl sites for hydroxylation is 1. The second kappa shape index (κ2) is 6.51. The molecule has 2 heterocycles. The minimum Gasteiger partial charge on any atom is -0.326 e. The Morgan fingerprint density at radius 1 is 1.04 bits per heavy atom. The number of halogens is 2. The fraction of sp³-hybridized carbons (Fsp3) is 0.100. The Hall–Kier alpha value is -2.36. The summed E-state index contributed by atoms with van der Waals surface area (Å²) in [6.07, 6.45) is 3.88.